The molecule has 322 valence electrons. The molecule has 0 radical (unpaired) electrons. The second kappa shape index (κ2) is 15.6. The molecule has 14 aromatic rings. The molecule has 6 nitrogen and oxygen atoms in total. The largest absolute Gasteiger partial charge is 0.456 e. The van der Waals surface area contributed by atoms with E-state index in [0.29, 0.717) is 17.5 Å². The third-order valence-electron chi connectivity index (χ3n) is 13.5. The molecule has 4 aromatic heterocycles. The average molecular weight is 883 g/mol. The summed E-state index contributed by atoms with van der Waals surface area (Å²) in [6.45, 7) is 0. The molecular formula is C63H38N4O2. The number of benzene rings is 10. The van der Waals surface area contributed by atoms with Crippen LogP contribution in [-0.2, 0) is 0 Å². The number of hydrogen-bond acceptors (Lipinski definition) is 5. The summed E-state index contributed by atoms with van der Waals surface area (Å²) in [5.41, 5.74) is 15.8. The van der Waals surface area contributed by atoms with Gasteiger partial charge in [0.1, 0.15) is 22.3 Å². The van der Waals surface area contributed by atoms with Crippen LogP contribution in [0.1, 0.15) is 0 Å². The van der Waals surface area contributed by atoms with E-state index < -0.39 is 0 Å². The molecule has 0 aliphatic carbocycles. The van der Waals surface area contributed by atoms with Crippen molar-refractivity contribution in [2.24, 2.45) is 0 Å². The van der Waals surface area contributed by atoms with E-state index in [1.165, 1.54) is 21.9 Å². The van der Waals surface area contributed by atoms with E-state index in [1.807, 2.05) is 54.6 Å². The SMILES string of the molecule is c1ccc(-c2ccc(-c3nc(-c4ccccc4)nc(-c4cc(-c5ccc6c(c5)oc5ccc(-n7c8ccccc8c8cc(-c9ccccc9)ccc87)cc56)cc5oc6ccccc6c45)n3)cc2)cc1. The van der Waals surface area contributed by atoms with Crippen LogP contribution < -0.4 is 0 Å². The van der Waals surface area contributed by atoms with Gasteiger partial charge in [-0.1, -0.05) is 164 Å². The minimum absolute atomic E-state index is 0.558. The van der Waals surface area contributed by atoms with E-state index in [9.17, 15) is 0 Å². The summed E-state index contributed by atoms with van der Waals surface area (Å²) in [6, 6.07) is 80.4. The van der Waals surface area contributed by atoms with Gasteiger partial charge in [-0.2, -0.15) is 0 Å². The normalized spacial score (nSPS) is 11.8. The van der Waals surface area contributed by atoms with Crippen LogP contribution >= 0.6 is 0 Å². The van der Waals surface area contributed by atoms with Gasteiger partial charge in [0.25, 0.3) is 0 Å². The lowest BCUT2D eigenvalue weighted by atomic mass is 9.97. The van der Waals surface area contributed by atoms with Crippen LogP contribution in [0.25, 0.3) is 139 Å². The van der Waals surface area contributed by atoms with E-state index in [0.717, 1.165) is 99.5 Å². The third-order valence-corrected chi connectivity index (χ3v) is 13.5. The van der Waals surface area contributed by atoms with E-state index in [-0.39, 0.29) is 0 Å². The summed E-state index contributed by atoms with van der Waals surface area (Å²) in [6.07, 6.45) is 0. The fourth-order valence-corrected chi connectivity index (χ4v) is 10.1. The topological polar surface area (TPSA) is 69.9 Å². The first-order valence-electron chi connectivity index (χ1n) is 23.2. The van der Waals surface area contributed by atoms with E-state index in [1.54, 1.807) is 0 Å². The monoisotopic (exact) mass is 882 g/mol. The van der Waals surface area contributed by atoms with E-state index in [4.69, 9.17) is 23.8 Å². The fraction of sp³-hybridized carbons (Fsp3) is 0. The molecular weight excluding hydrogens is 845 g/mol. The number of furan rings is 2. The average Bonchev–Trinajstić information content (AvgIpc) is 4.10. The summed E-state index contributed by atoms with van der Waals surface area (Å²) in [7, 11) is 0. The Labute approximate surface area is 396 Å². The van der Waals surface area contributed by atoms with Crippen molar-refractivity contribution in [1.29, 1.82) is 0 Å². The quantitative estimate of drug-likeness (QED) is 0.159. The van der Waals surface area contributed by atoms with Gasteiger partial charge in [0.15, 0.2) is 17.5 Å². The van der Waals surface area contributed by atoms with Crippen LogP contribution in [0, 0.1) is 0 Å². The van der Waals surface area contributed by atoms with Gasteiger partial charge in [-0.15, -0.1) is 0 Å². The Kier molecular flexibility index (Phi) is 8.79. The van der Waals surface area contributed by atoms with Gasteiger partial charge in [0.05, 0.1) is 11.0 Å². The van der Waals surface area contributed by atoms with Gasteiger partial charge in [-0.05, 0) is 100 Å². The third kappa shape index (κ3) is 6.53. The highest BCUT2D eigenvalue weighted by atomic mass is 16.3. The predicted molar refractivity (Wildman–Crippen MR) is 281 cm³/mol. The van der Waals surface area contributed by atoms with E-state index >= 15 is 0 Å². The molecule has 0 aliphatic rings. The first kappa shape index (κ1) is 38.8. The molecule has 0 aliphatic heterocycles. The minimum Gasteiger partial charge on any atom is -0.456 e. The maximum atomic E-state index is 6.68. The molecule has 0 saturated heterocycles. The van der Waals surface area contributed by atoms with Gasteiger partial charge in [0, 0.05) is 54.7 Å². The standard InChI is InChI=1S/C63H38N4O2/c1-4-14-39(15-5-1)41-24-26-43(27-25-41)62-64-61(42-18-8-3-9-19-42)65-63(66-62)53-35-46(37-59-60(53)50-21-11-13-23-56(50)69-59)45-28-31-49-52-38-47(30-33-57(52)68-58(49)36-45)67-54-22-12-10-20-48(54)51-34-44(29-32-55(51)67)40-16-6-2-7-17-40/h1-38H. The number of aromatic nitrogens is 4. The molecule has 0 amide bonds. The van der Waals surface area contributed by atoms with Gasteiger partial charge in [0.2, 0.25) is 0 Å². The molecule has 10 aromatic carbocycles. The van der Waals surface area contributed by atoms with E-state index in [2.05, 4.69) is 180 Å². The molecule has 4 heterocycles. The summed E-state index contributed by atoms with van der Waals surface area (Å²) >= 11 is 0. The molecule has 14 rings (SSSR count). The molecule has 69 heavy (non-hydrogen) atoms. The van der Waals surface area contributed by atoms with Crippen molar-refractivity contribution in [2.75, 3.05) is 0 Å². The van der Waals surface area contributed by atoms with Crippen molar-refractivity contribution in [3.8, 4) is 73.2 Å². The van der Waals surface area contributed by atoms with Gasteiger partial charge in [-0.25, -0.2) is 15.0 Å². The summed E-state index contributed by atoms with van der Waals surface area (Å²) in [4.78, 5) is 15.5. The molecule has 0 unspecified atom stereocenters. The van der Waals surface area contributed by atoms with Crippen molar-refractivity contribution >= 4 is 65.7 Å². The summed E-state index contributed by atoms with van der Waals surface area (Å²) in [5.74, 6) is 1.74. The highest BCUT2D eigenvalue weighted by Crippen LogP contribution is 2.42. The zero-order valence-corrected chi connectivity index (χ0v) is 37.0. The Morgan fingerprint density at radius 3 is 1.57 bits per heavy atom. The molecule has 0 fully saturated rings. The number of nitrogens with zero attached hydrogens (tertiary/aromatic N) is 4. The number of hydrogen-bond donors (Lipinski definition) is 0. The lowest BCUT2D eigenvalue weighted by Crippen LogP contribution is -2.00. The number of fused-ring (bicyclic) bond motifs is 9. The second-order valence-corrected chi connectivity index (χ2v) is 17.6. The predicted octanol–water partition coefficient (Wildman–Crippen LogP) is 16.8. The maximum absolute atomic E-state index is 6.68. The number of rotatable bonds is 7. The van der Waals surface area contributed by atoms with Crippen molar-refractivity contribution in [1.82, 2.24) is 19.5 Å². The smallest absolute Gasteiger partial charge is 0.164 e. The molecule has 0 saturated carbocycles. The molecule has 0 spiro atoms. The lowest BCUT2D eigenvalue weighted by Gasteiger charge is -2.11. The number of para-hydroxylation sites is 2. The van der Waals surface area contributed by atoms with Crippen molar-refractivity contribution in [3.05, 3.63) is 231 Å². The van der Waals surface area contributed by atoms with Crippen LogP contribution in [0.15, 0.2) is 239 Å². The first-order valence-corrected chi connectivity index (χ1v) is 23.2. The highest BCUT2D eigenvalue weighted by Gasteiger charge is 2.21. The first-order chi connectivity index (χ1) is 34.2. The summed E-state index contributed by atoms with van der Waals surface area (Å²) in [5, 5.41) is 6.47. The Morgan fingerprint density at radius 2 is 0.797 bits per heavy atom. The fourth-order valence-electron chi connectivity index (χ4n) is 10.1. The Morgan fingerprint density at radius 1 is 0.275 bits per heavy atom. The van der Waals surface area contributed by atoms with Crippen molar-refractivity contribution in [2.45, 2.75) is 0 Å². The van der Waals surface area contributed by atoms with Crippen LogP contribution in [0.5, 0.6) is 0 Å². The van der Waals surface area contributed by atoms with Crippen LogP contribution in [0.2, 0.25) is 0 Å². The van der Waals surface area contributed by atoms with Gasteiger partial charge in [-0.3, -0.25) is 0 Å². The maximum Gasteiger partial charge on any atom is 0.164 e. The van der Waals surface area contributed by atoms with Gasteiger partial charge >= 0.3 is 0 Å². The Hall–Kier alpha value is -9.39. The molecule has 0 atom stereocenters. The zero-order chi connectivity index (χ0) is 45.4. The molecule has 0 bridgehead atoms. The van der Waals surface area contributed by atoms with Crippen LogP contribution in [0.4, 0.5) is 0 Å². The Balaban J connectivity index is 0.906. The van der Waals surface area contributed by atoms with Crippen LogP contribution in [-0.4, -0.2) is 19.5 Å². The summed E-state index contributed by atoms with van der Waals surface area (Å²) < 4.78 is 15.7. The molecule has 6 heteroatoms. The van der Waals surface area contributed by atoms with Crippen LogP contribution in [0.3, 0.4) is 0 Å². The zero-order valence-electron chi connectivity index (χ0n) is 37.0. The molecule has 0 N–H and O–H groups in total. The minimum atomic E-state index is 0.558. The second-order valence-electron chi connectivity index (χ2n) is 17.6. The van der Waals surface area contributed by atoms with Gasteiger partial charge < -0.3 is 13.4 Å². The van der Waals surface area contributed by atoms with Crippen molar-refractivity contribution in [3.63, 3.8) is 0 Å². The van der Waals surface area contributed by atoms with Crippen molar-refractivity contribution < 1.29 is 8.83 Å². The highest BCUT2D eigenvalue weighted by molar-refractivity contribution is 6.14. The lowest BCUT2D eigenvalue weighted by molar-refractivity contribution is 0.668. The Bertz CT molecular complexity index is 4290.